The van der Waals surface area contributed by atoms with Gasteiger partial charge < -0.3 is 30.4 Å². The molecule has 0 bridgehead atoms. The summed E-state index contributed by atoms with van der Waals surface area (Å²) in [6, 6.07) is 0. The number of aliphatic hydroxyl groups is 3. The summed E-state index contributed by atoms with van der Waals surface area (Å²) >= 11 is 0. The van der Waals surface area contributed by atoms with Gasteiger partial charge >= 0.3 is 11.9 Å². The monoisotopic (exact) mass is 239 g/mol. The molecule has 0 aromatic heterocycles. The molecule has 5 N–H and O–H groups in total. The summed E-state index contributed by atoms with van der Waals surface area (Å²) in [4.78, 5) is 21.5. The molecule has 0 amide bonds. The second-order valence-corrected chi connectivity index (χ2v) is 3.09. The van der Waals surface area contributed by atoms with Crippen LogP contribution in [0.1, 0.15) is 0 Å². The molecule has 0 saturated heterocycles. The smallest absolute Gasteiger partial charge is 0.335 e. The van der Waals surface area contributed by atoms with Crippen LogP contribution in [0.5, 0.6) is 0 Å². The Morgan fingerprint density at radius 3 is 1.44 bits per heavy atom. The molecule has 0 rings (SSSR count). The van der Waals surface area contributed by atoms with E-state index in [4.69, 9.17) is 25.5 Å². The van der Waals surface area contributed by atoms with E-state index in [1.807, 2.05) is 19.0 Å². The van der Waals surface area contributed by atoms with Crippen molar-refractivity contribution in [2.75, 3.05) is 27.2 Å². The Morgan fingerprint density at radius 2 is 1.38 bits per heavy atom. The summed E-state index contributed by atoms with van der Waals surface area (Å²) in [7, 11) is 3.85. The summed E-state index contributed by atoms with van der Waals surface area (Å²) < 4.78 is 0. The number of aliphatic hydroxyl groups excluding tert-OH is 3. The van der Waals surface area contributed by atoms with Gasteiger partial charge in [-0.25, -0.2) is 9.59 Å². The van der Waals surface area contributed by atoms with E-state index in [0.717, 1.165) is 6.54 Å². The van der Waals surface area contributed by atoms with Crippen molar-refractivity contribution in [1.29, 1.82) is 0 Å². The number of likely N-dealkylation sites (N-methyl/N-ethyl adjacent to an activating group) is 1. The van der Waals surface area contributed by atoms with Crippen LogP contribution in [0.3, 0.4) is 0 Å². The normalized spacial score (nSPS) is 13.6. The van der Waals surface area contributed by atoms with Gasteiger partial charge in [-0.1, -0.05) is 0 Å². The number of aliphatic carboxylic acids is 2. The number of carboxylic acids is 2. The third kappa shape index (κ3) is 9.34. The minimum Gasteiger partial charge on any atom is -0.479 e. The molecule has 0 aliphatic rings. The van der Waals surface area contributed by atoms with Gasteiger partial charge in [-0.15, -0.1) is 0 Å². The van der Waals surface area contributed by atoms with Crippen LogP contribution in [0.4, 0.5) is 0 Å². The first-order valence-corrected chi connectivity index (χ1v) is 4.31. The molecule has 8 heteroatoms. The van der Waals surface area contributed by atoms with Crippen LogP contribution in [0, 0.1) is 0 Å². The molecule has 2 atom stereocenters. The van der Waals surface area contributed by atoms with Crippen molar-refractivity contribution in [3.05, 3.63) is 0 Å². The second kappa shape index (κ2) is 9.04. The molecule has 2 unspecified atom stereocenters. The van der Waals surface area contributed by atoms with Gasteiger partial charge in [0.2, 0.25) is 0 Å². The summed E-state index contributed by atoms with van der Waals surface area (Å²) in [6.07, 6.45) is -4.53. The van der Waals surface area contributed by atoms with Crippen molar-refractivity contribution in [3.63, 3.8) is 0 Å². The van der Waals surface area contributed by atoms with Crippen molar-refractivity contribution >= 4 is 11.9 Å². The molecule has 96 valence electrons. The molecule has 0 aliphatic carbocycles. The van der Waals surface area contributed by atoms with Crippen molar-refractivity contribution in [2.45, 2.75) is 12.2 Å². The summed E-state index contributed by atoms with van der Waals surface area (Å²) in [5.41, 5.74) is 0. The lowest BCUT2D eigenvalue weighted by molar-refractivity contribution is -0.165. The second-order valence-electron chi connectivity index (χ2n) is 3.09. The van der Waals surface area contributed by atoms with Crippen molar-refractivity contribution < 1.29 is 35.1 Å². The van der Waals surface area contributed by atoms with Crippen LogP contribution in [-0.2, 0) is 9.59 Å². The first-order chi connectivity index (χ1) is 7.23. The van der Waals surface area contributed by atoms with E-state index in [9.17, 15) is 9.59 Å². The van der Waals surface area contributed by atoms with Crippen LogP contribution in [0.15, 0.2) is 0 Å². The van der Waals surface area contributed by atoms with Gasteiger partial charge in [0.1, 0.15) is 0 Å². The third-order valence-electron chi connectivity index (χ3n) is 1.35. The zero-order valence-electron chi connectivity index (χ0n) is 9.07. The maximum atomic E-state index is 9.77. The zero-order valence-corrected chi connectivity index (χ0v) is 9.07. The van der Waals surface area contributed by atoms with Crippen LogP contribution >= 0.6 is 0 Å². The van der Waals surface area contributed by atoms with Crippen LogP contribution < -0.4 is 0 Å². The molecular weight excluding hydrogens is 222 g/mol. The van der Waals surface area contributed by atoms with Gasteiger partial charge in [-0.2, -0.15) is 0 Å². The van der Waals surface area contributed by atoms with Gasteiger partial charge in [0, 0.05) is 6.54 Å². The summed E-state index contributed by atoms with van der Waals surface area (Å²) in [5.74, 6) is -3.54. The van der Waals surface area contributed by atoms with E-state index in [1.54, 1.807) is 0 Å². The number of hydrogen-bond donors (Lipinski definition) is 5. The fourth-order valence-corrected chi connectivity index (χ4v) is 0.470. The summed E-state index contributed by atoms with van der Waals surface area (Å²) in [5, 5.41) is 40.7. The van der Waals surface area contributed by atoms with E-state index in [-0.39, 0.29) is 6.61 Å². The highest BCUT2D eigenvalue weighted by atomic mass is 16.4. The molecule has 0 aliphatic heterocycles. The quantitative estimate of drug-likeness (QED) is 0.352. The van der Waals surface area contributed by atoms with Crippen LogP contribution in [-0.4, -0.2) is 81.8 Å². The fraction of sp³-hybridized carbons (Fsp3) is 0.750. The first kappa shape index (κ1) is 17.2. The summed E-state index contributed by atoms with van der Waals surface area (Å²) in [6.45, 7) is 1.02. The predicted octanol–water partition coefficient (Wildman–Crippen LogP) is -2.58. The lowest BCUT2D eigenvalue weighted by Crippen LogP contribution is -2.39. The number of carboxylic acid groups (broad SMARTS) is 2. The molecule has 16 heavy (non-hydrogen) atoms. The molecule has 0 spiro atoms. The number of carbonyl (C=O) groups is 2. The van der Waals surface area contributed by atoms with Gasteiger partial charge in [-0.3, -0.25) is 0 Å². The Morgan fingerprint density at radius 1 is 1.06 bits per heavy atom. The molecular formula is C8H17NO7. The lowest BCUT2D eigenvalue weighted by Gasteiger charge is -2.07. The molecule has 0 heterocycles. The van der Waals surface area contributed by atoms with Crippen molar-refractivity contribution in [3.8, 4) is 0 Å². The average Bonchev–Trinajstić information content (AvgIpc) is 2.15. The highest BCUT2D eigenvalue weighted by molar-refractivity contribution is 5.83. The van der Waals surface area contributed by atoms with Crippen LogP contribution in [0.2, 0.25) is 0 Å². The maximum Gasteiger partial charge on any atom is 0.335 e. The Bertz CT molecular complexity index is 200. The first-order valence-electron chi connectivity index (χ1n) is 4.31. The Labute approximate surface area is 92.4 Å². The minimum absolute atomic E-state index is 0.257. The molecule has 0 saturated carbocycles. The van der Waals surface area contributed by atoms with Gasteiger partial charge in [0.25, 0.3) is 0 Å². The van der Waals surface area contributed by atoms with E-state index in [2.05, 4.69) is 0 Å². The third-order valence-corrected chi connectivity index (χ3v) is 1.35. The molecule has 8 nitrogen and oxygen atoms in total. The Kier molecular flexibility index (Phi) is 9.71. The van der Waals surface area contributed by atoms with Crippen molar-refractivity contribution in [1.82, 2.24) is 4.90 Å². The minimum atomic E-state index is -2.27. The van der Waals surface area contributed by atoms with Crippen molar-refractivity contribution in [2.24, 2.45) is 0 Å². The van der Waals surface area contributed by atoms with Gasteiger partial charge in [-0.05, 0) is 14.1 Å². The van der Waals surface area contributed by atoms with Crippen LogP contribution in [0.25, 0.3) is 0 Å². The largest absolute Gasteiger partial charge is 0.479 e. The standard InChI is InChI=1S/C4H11NO.C4H6O6/c1-5(2)3-4-6;5-1(3(7)8)2(6)4(9)10/h6H,3-4H2,1-2H3;1-2,5-6H,(H,7,8)(H,9,10). The maximum absolute atomic E-state index is 9.77. The topological polar surface area (TPSA) is 139 Å². The average molecular weight is 239 g/mol. The fourth-order valence-electron chi connectivity index (χ4n) is 0.470. The molecule has 0 fully saturated rings. The number of rotatable bonds is 5. The lowest BCUT2D eigenvalue weighted by atomic mass is 10.2. The van der Waals surface area contributed by atoms with Gasteiger partial charge in [0.05, 0.1) is 6.61 Å². The molecule has 0 radical (unpaired) electrons. The highest BCUT2D eigenvalue weighted by Gasteiger charge is 2.29. The van der Waals surface area contributed by atoms with Gasteiger partial charge in [0.15, 0.2) is 12.2 Å². The van der Waals surface area contributed by atoms with E-state index >= 15 is 0 Å². The molecule has 0 aromatic rings. The van der Waals surface area contributed by atoms with E-state index < -0.39 is 24.1 Å². The zero-order chi connectivity index (χ0) is 13.3. The molecule has 0 aromatic carbocycles. The number of nitrogens with zero attached hydrogens (tertiary/aromatic N) is 1. The van der Waals surface area contributed by atoms with E-state index in [1.165, 1.54) is 0 Å². The highest BCUT2D eigenvalue weighted by Crippen LogP contribution is 1.92. The predicted molar refractivity (Wildman–Crippen MR) is 52.9 cm³/mol. The van der Waals surface area contributed by atoms with E-state index in [0.29, 0.717) is 0 Å². The number of hydrogen-bond acceptors (Lipinski definition) is 6. The Balaban J connectivity index is 0. The SMILES string of the molecule is CN(C)CCO.O=C(O)C(O)C(O)C(=O)O. The Hall–Kier alpha value is -1.22.